The predicted octanol–water partition coefficient (Wildman–Crippen LogP) is 3.01. The third-order valence-electron chi connectivity index (χ3n) is 6.91. The van der Waals surface area contributed by atoms with Crippen molar-refractivity contribution in [1.29, 1.82) is 0 Å². The number of hydrogen-bond acceptors (Lipinski definition) is 0. The minimum atomic E-state index is 0. The van der Waals surface area contributed by atoms with Crippen LogP contribution in [0.3, 0.4) is 0 Å². The maximum absolute atomic E-state index is 2.23. The summed E-state index contributed by atoms with van der Waals surface area (Å²) in [6, 6.07) is 42.8. The van der Waals surface area contributed by atoms with Gasteiger partial charge in [-0.3, -0.25) is 0 Å². The van der Waals surface area contributed by atoms with Gasteiger partial charge in [0, 0.05) is 24.8 Å². The fraction of sp³-hybridized carbons (Fsp3) is 0. The molecule has 0 aliphatic heterocycles. The molecular formula is C34H24Cl2HfN2. The van der Waals surface area contributed by atoms with Crippen molar-refractivity contribution in [2.24, 2.45) is 0 Å². The average Bonchev–Trinajstić information content (AvgIpc) is 3.70. The molecule has 39 heavy (non-hydrogen) atoms. The molecule has 0 amide bonds. The number of halogens is 2. The van der Waals surface area contributed by atoms with Crippen molar-refractivity contribution in [2.75, 3.05) is 0 Å². The zero-order valence-electron chi connectivity index (χ0n) is 21.0. The van der Waals surface area contributed by atoms with E-state index in [2.05, 4.69) is 155 Å². The number of hydrogen-bond donors (Lipinski definition) is 0. The van der Waals surface area contributed by atoms with Gasteiger partial charge in [0.1, 0.15) is 0 Å². The summed E-state index contributed by atoms with van der Waals surface area (Å²) < 4.78 is 4.40. The van der Waals surface area contributed by atoms with E-state index in [4.69, 9.17) is 0 Å². The maximum Gasteiger partial charge on any atom is 4.00 e. The van der Waals surface area contributed by atoms with Crippen LogP contribution >= 0.6 is 0 Å². The molecule has 0 atom stereocenters. The van der Waals surface area contributed by atoms with Crippen LogP contribution in [0.25, 0.3) is 54.5 Å². The van der Waals surface area contributed by atoms with Gasteiger partial charge in [-0.05, 0) is 32.9 Å². The molecular weight excluding hydrogens is 686 g/mol. The van der Waals surface area contributed by atoms with Gasteiger partial charge in [-0.2, -0.15) is 0 Å². The summed E-state index contributed by atoms with van der Waals surface area (Å²) in [6.45, 7) is 0. The molecule has 0 saturated heterocycles. The number of rotatable bonds is 2. The van der Waals surface area contributed by atoms with Gasteiger partial charge in [0.2, 0.25) is 0 Å². The van der Waals surface area contributed by atoms with E-state index in [0.29, 0.717) is 0 Å². The Morgan fingerprint density at radius 1 is 0.385 bits per heavy atom. The first-order valence-electron chi connectivity index (χ1n) is 12.3. The van der Waals surface area contributed by atoms with E-state index in [1.54, 1.807) is 0 Å². The molecule has 8 aromatic rings. The van der Waals surface area contributed by atoms with Gasteiger partial charge in [-0.15, -0.1) is 82.2 Å². The van der Waals surface area contributed by atoms with E-state index in [0.717, 1.165) is 0 Å². The van der Waals surface area contributed by atoms with Crippen molar-refractivity contribution in [3.63, 3.8) is 0 Å². The van der Waals surface area contributed by atoms with Crippen molar-refractivity contribution < 1.29 is 50.7 Å². The van der Waals surface area contributed by atoms with E-state index in [1.165, 1.54) is 54.5 Å². The van der Waals surface area contributed by atoms with E-state index < -0.39 is 0 Å². The molecule has 0 aliphatic rings. The van der Waals surface area contributed by atoms with Crippen LogP contribution in [0.5, 0.6) is 0 Å². The predicted molar refractivity (Wildman–Crippen MR) is 153 cm³/mol. The molecule has 6 aromatic carbocycles. The fourth-order valence-electron chi connectivity index (χ4n) is 5.03. The Morgan fingerprint density at radius 2 is 0.667 bits per heavy atom. The minimum Gasteiger partial charge on any atom is -1.00 e. The van der Waals surface area contributed by atoms with Crippen LogP contribution in [0.2, 0.25) is 0 Å². The Bertz CT molecular complexity index is 1550. The molecule has 0 saturated carbocycles. The van der Waals surface area contributed by atoms with Crippen LogP contribution in [0.1, 0.15) is 0 Å². The minimum absolute atomic E-state index is 0. The first kappa shape index (κ1) is 28.6. The molecule has 0 N–H and O–H groups in total. The van der Waals surface area contributed by atoms with Crippen molar-refractivity contribution >= 4 is 43.1 Å². The summed E-state index contributed by atoms with van der Waals surface area (Å²) >= 11 is 0. The van der Waals surface area contributed by atoms with Gasteiger partial charge in [-0.1, -0.05) is 60.7 Å². The Hall–Kier alpha value is -3.37. The van der Waals surface area contributed by atoms with E-state index >= 15 is 0 Å². The number of nitrogens with zero attached hydrogens (tertiary/aromatic N) is 2. The summed E-state index contributed by atoms with van der Waals surface area (Å²) in [5.41, 5.74) is 2.46. The number of benzene rings is 4. The summed E-state index contributed by atoms with van der Waals surface area (Å²) in [4.78, 5) is 0. The molecule has 8 rings (SSSR count). The number of fused-ring (bicyclic) bond motifs is 4. The SMILES string of the molecule is [Cl-].[Cl-].[Hf+4].c1ccc2cn(-c3cc4ccccc4[cH-]3)cc2c1.c1ccc2cn(-c3cc4ccccc4[cH-]3)cc2c1. The molecule has 2 nitrogen and oxygen atoms in total. The first-order chi connectivity index (χ1) is 17.8. The van der Waals surface area contributed by atoms with Crippen LogP contribution in [0.4, 0.5) is 0 Å². The van der Waals surface area contributed by atoms with Gasteiger partial charge in [-0.25, -0.2) is 0 Å². The Labute approximate surface area is 258 Å². The molecule has 0 aliphatic carbocycles. The quantitative estimate of drug-likeness (QED) is 0.193. The van der Waals surface area contributed by atoms with Crippen LogP contribution < -0.4 is 24.8 Å². The molecule has 188 valence electrons. The summed E-state index contributed by atoms with van der Waals surface area (Å²) in [7, 11) is 0. The summed E-state index contributed by atoms with van der Waals surface area (Å²) in [5, 5.41) is 10.3. The van der Waals surface area contributed by atoms with Gasteiger partial charge in [0.15, 0.2) is 0 Å². The van der Waals surface area contributed by atoms with Crippen LogP contribution in [0.15, 0.2) is 146 Å². The Morgan fingerprint density at radius 3 is 0.974 bits per heavy atom. The normalized spacial score (nSPS) is 10.5. The van der Waals surface area contributed by atoms with Crippen LogP contribution in [0, 0.1) is 0 Å². The average molecular weight is 710 g/mol. The summed E-state index contributed by atoms with van der Waals surface area (Å²) in [5.74, 6) is 0. The Balaban J connectivity index is 0.000000168. The standard InChI is InChI=1S/2C17H12N.2ClH.Hf/c2*1-2-6-14-10-17(9-13(14)5-1)18-11-15-7-3-4-8-16(15)12-18;;;/h2*1-12H;2*1H;/q2*-1;;;+4/p-2. The molecule has 5 heteroatoms. The first-order valence-corrected chi connectivity index (χ1v) is 12.3. The summed E-state index contributed by atoms with van der Waals surface area (Å²) in [6.07, 6.45) is 8.74. The third kappa shape index (κ3) is 5.67. The largest absolute Gasteiger partial charge is 4.00 e. The van der Waals surface area contributed by atoms with E-state index in [-0.39, 0.29) is 50.7 Å². The van der Waals surface area contributed by atoms with Crippen molar-refractivity contribution in [2.45, 2.75) is 0 Å². The van der Waals surface area contributed by atoms with Crippen molar-refractivity contribution in [3.8, 4) is 11.4 Å². The zero-order valence-corrected chi connectivity index (χ0v) is 26.1. The second-order valence-electron chi connectivity index (χ2n) is 9.27. The molecule has 2 heterocycles. The maximum atomic E-state index is 2.23. The number of aromatic nitrogens is 2. The monoisotopic (exact) mass is 710 g/mol. The molecule has 0 radical (unpaired) electrons. The molecule has 0 fully saturated rings. The van der Waals surface area contributed by atoms with E-state index in [9.17, 15) is 0 Å². The Kier molecular flexibility index (Phi) is 8.97. The molecule has 0 unspecified atom stereocenters. The van der Waals surface area contributed by atoms with Crippen LogP contribution in [-0.2, 0) is 25.8 Å². The fourth-order valence-corrected chi connectivity index (χ4v) is 5.03. The topological polar surface area (TPSA) is 9.86 Å². The van der Waals surface area contributed by atoms with Gasteiger partial charge < -0.3 is 33.9 Å². The van der Waals surface area contributed by atoms with Crippen molar-refractivity contribution in [1.82, 2.24) is 9.13 Å². The van der Waals surface area contributed by atoms with Crippen molar-refractivity contribution in [3.05, 3.63) is 146 Å². The molecule has 2 aromatic heterocycles. The second-order valence-corrected chi connectivity index (χ2v) is 9.27. The van der Waals surface area contributed by atoms with Crippen LogP contribution in [-0.4, -0.2) is 9.13 Å². The molecule has 0 spiro atoms. The van der Waals surface area contributed by atoms with Gasteiger partial charge >= 0.3 is 25.8 Å². The van der Waals surface area contributed by atoms with Gasteiger partial charge in [0.25, 0.3) is 0 Å². The second kappa shape index (κ2) is 12.2. The van der Waals surface area contributed by atoms with Gasteiger partial charge in [0.05, 0.1) is 0 Å². The third-order valence-corrected chi connectivity index (χ3v) is 6.91. The smallest absolute Gasteiger partial charge is 1.00 e. The van der Waals surface area contributed by atoms with E-state index in [1.807, 2.05) is 0 Å². The zero-order chi connectivity index (χ0) is 23.9. The molecule has 0 bridgehead atoms.